The fourth-order valence-corrected chi connectivity index (χ4v) is 2.85. The number of carboxylic acid groups (broad SMARTS) is 1. The summed E-state index contributed by atoms with van der Waals surface area (Å²) < 4.78 is 5.83. The Morgan fingerprint density at radius 1 is 1.15 bits per heavy atom. The summed E-state index contributed by atoms with van der Waals surface area (Å²) >= 11 is 0. The van der Waals surface area contributed by atoms with Crippen molar-refractivity contribution in [3.63, 3.8) is 0 Å². The van der Waals surface area contributed by atoms with Gasteiger partial charge in [0.1, 0.15) is 17.5 Å². The number of nitro benzene ring substituents is 1. The molecule has 0 spiro atoms. The number of benzene rings is 1. The lowest BCUT2D eigenvalue weighted by molar-refractivity contribution is -0.384. The first-order chi connectivity index (χ1) is 12.9. The lowest BCUT2D eigenvalue weighted by atomic mass is 10.1. The van der Waals surface area contributed by atoms with Crippen LogP contribution in [0.3, 0.4) is 0 Å². The molecule has 1 aliphatic heterocycles. The van der Waals surface area contributed by atoms with E-state index in [1.807, 2.05) is 0 Å². The number of piperidine rings is 1. The van der Waals surface area contributed by atoms with Crippen molar-refractivity contribution in [3.05, 3.63) is 64.0 Å². The van der Waals surface area contributed by atoms with Crippen LogP contribution in [0.1, 0.15) is 33.7 Å². The number of pyridine rings is 1. The predicted molar refractivity (Wildman–Crippen MR) is 93.8 cm³/mol. The number of amides is 1. The summed E-state index contributed by atoms with van der Waals surface area (Å²) in [6.07, 6.45) is 2.45. The molecule has 0 saturated carbocycles. The van der Waals surface area contributed by atoms with E-state index >= 15 is 0 Å². The molecule has 2 heterocycles. The zero-order chi connectivity index (χ0) is 19.4. The van der Waals surface area contributed by atoms with Gasteiger partial charge in [-0.25, -0.2) is 9.78 Å². The van der Waals surface area contributed by atoms with Gasteiger partial charge in [0.05, 0.1) is 10.5 Å². The summed E-state index contributed by atoms with van der Waals surface area (Å²) in [5, 5.41) is 19.5. The Hall–Kier alpha value is -3.49. The first-order valence-corrected chi connectivity index (χ1v) is 8.34. The van der Waals surface area contributed by atoms with E-state index in [4.69, 9.17) is 9.84 Å². The van der Waals surface area contributed by atoms with Crippen molar-refractivity contribution in [1.29, 1.82) is 0 Å². The van der Waals surface area contributed by atoms with E-state index in [0.717, 1.165) is 0 Å². The third kappa shape index (κ3) is 4.38. The molecular formula is C18H17N3O6. The number of carbonyl (C=O) groups excluding carboxylic acids is 1. The fraction of sp³-hybridized carbons (Fsp3) is 0.278. The van der Waals surface area contributed by atoms with Crippen molar-refractivity contribution in [2.75, 3.05) is 13.1 Å². The number of carboxylic acids is 1. The average molecular weight is 371 g/mol. The molecule has 1 aromatic heterocycles. The number of aromatic carboxylic acids is 1. The van der Waals surface area contributed by atoms with Crippen LogP contribution in [0.15, 0.2) is 42.6 Å². The number of nitro groups is 1. The third-order valence-corrected chi connectivity index (χ3v) is 4.31. The van der Waals surface area contributed by atoms with Gasteiger partial charge < -0.3 is 14.7 Å². The zero-order valence-electron chi connectivity index (χ0n) is 14.3. The minimum absolute atomic E-state index is 0.00490. The number of carbonyl (C=O) groups is 2. The molecule has 1 amide bonds. The Labute approximate surface area is 154 Å². The largest absolute Gasteiger partial charge is 0.490 e. The summed E-state index contributed by atoms with van der Waals surface area (Å²) in [4.78, 5) is 38.9. The van der Waals surface area contributed by atoms with Crippen molar-refractivity contribution < 1.29 is 24.4 Å². The van der Waals surface area contributed by atoms with Crippen LogP contribution in [-0.4, -0.2) is 51.0 Å². The topological polar surface area (TPSA) is 123 Å². The van der Waals surface area contributed by atoms with Gasteiger partial charge in [-0.05, 0) is 24.3 Å². The maximum absolute atomic E-state index is 12.5. The molecule has 140 valence electrons. The highest BCUT2D eigenvalue weighted by Gasteiger charge is 2.25. The molecular weight excluding hydrogens is 354 g/mol. The standard InChI is InChI=1S/C18H17N3O6/c22-17(12-1-6-16(18(23)24)19-11-12)20-9-7-15(8-10-20)27-14-4-2-13(3-5-14)21(25)26/h1-6,11,15H,7-10H2,(H,23,24). The molecule has 0 unspecified atom stereocenters. The number of rotatable bonds is 5. The first kappa shape index (κ1) is 18.3. The van der Waals surface area contributed by atoms with Crippen molar-refractivity contribution >= 4 is 17.6 Å². The molecule has 27 heavy (non-hydrogen) atoms. The molecule has 1 aromatic carbocycles. The van der Waals surface area contributed by atoms with E-state index in [9.17, 15) is 19.7 Å². The number of hydrogen-bond donors (Lipinski definition) is 1. The average Bonchev–Trinajstić information content (AvgIpc) is 2.68. The Morgan fingerprint density at radius 3 is 2.33 bits per heavy atom. The van der Waals surface area contributed by atoms with Crippen LogP contribution in [0.25, 0.3) is 0 Å². The maximum Gasteiger partial charge on any atom is 0.354 e. The highest BCUT2D eigenvalue weighted by molar-refractivity contribution is 5.95. The third-order valence-electron chi connectivity index (χ3n) is 4.31. The first-order valence-electron chi connectivity index (χ1n) is 8.34. The molecule has 3 rings (SSSR count). The molecule has 0 radical (unpaired) electrons. The fourth-order valence-electron chi connectivity index (χ4n) is 2.85. The van der Waals surface area contributed by atoms with Crippen LogP contribution in [0.5, 0.6) is 5.75 Å². The smallest absolute Gasteiger partial charge is 0.354 e. The predicted octanol–water partition coefficient (Wildman–Crippen LogP) is 2.37. The molecule has 0 aliphatic carbocycles. The van der Waals surface area contributed by atoms with E-state index in [-0.39, 0.29) is 23.4 Å². The van der Waals surface area contributed by atoms with Crippen LogP contribution in [0.4, 0.5) is 5.69 Å². The van der Waals surface area contributed by atoms with Crippen LogP contribution < -0.4 is 4.74 Å². The van der Waals surface area contributed by atoms with Gasteiger partial charge in [0.2, 0.25) is 0 Å². The van der Waals surface area contributed by atoms with E-state index < -0.39 is 10.9 Å². The summed E-state index contributed by atoms with van der Waals surface area (Å²) in [6, 6.07) is 8.67. The van der Waals surface area contributed by atoms with E-state index in [2.05, 4.69) is 4.98 Å². The lowest BCUT2D eigenvalue weighted by Gasteiger charge is -2.32. The molecule has 9 heteroatoms. The van der Waals surface area contributed by atoms with E-state index in [1.165, 1.54) is 30.5 Å². The van der Waals surface area contributed by atoms with Gasteiger partial charge in [0.15, 0.2) is 0 Å². The summed E-state index contributed by atoms with van der Waals surface area (Å²) in [5.41, 5.74) is 0.238. The SMILES string of the molecule is O=C(O)c1ccc(C(=O)N2CCC(Oc3ccc([N+](=O)[O-])cc3)CC2)cn1. The number of likely N-dealkylation sites (tertiary alicyclic amines) is 1. The zero-order valence-corrected chi connectivity index (χ0v) is 14.3. The molecule has 2 aromatic rings. The maximum atomic E-state index is 12.5. The molecule has 9 nitrogen and oxygen atoms in total. The monoisotopic (exact) mass is 371 g/mol. The summed E-state index contributed by atoms with van der Waals surface area (Å²) in [5.74, 6) is -0.787. The van der Waals surface area contributed by atoms with Crippen LogP contribution in [-0.2, 0) is 0 Å². The van der Waals surface area contributed by atoms with E-state index in [0.29, 0.717) is 37.2 Å². The Morgan fingerprint density at radius 2 is 1.81 bits per heavy atom. The van der Waals surface area contributed by atoms with Gasteiger partial charge in [-0.15, -0.1) is 0 Å². The van der Waals surface area contributed by atoms with Gasteiger partial charge in [-0.3, -0.25) is 14.9 Å². The number of aromatic nitrogens is 1. The number of nitrogens with zero attached hydrogens (tertiary/aromatic N) is 3. The number of ether oxygens (including phenoxy) is 1. The highest BCUT2D eigenvalue weighted by Crippen LogP contribution is 2.22. The summed E-state index contributed by atoms with van der Waals surface area (Å²) in [6.45, 7) is 0.994. The van der Waals surface area contributed by atoms with Crippen LogP contribution in [0.2, 0.25) is 0 Å². The number of non-ortho nitro benzene ring substituents is 1. The van der Waals surface area contributed by atoms with Crippen molar-refractivity contribution in [2.24, 2.45) is 0 Å². The summed E-state index contributed by atoms with van der Waals surface area (Å²) in [7, 11) is 0. The highest BCUT2D eigenvalue weighted by atomic mass is 16.6. The lowest BCUT2D eigenvalue weighted by Crippen LogP contribution is -2.41. The van der Waals surface area contributed by atoms with Gasteiger partial charge >= 0.3 is 5.97 Å². The van der Waals surface area contributed by atoms with Gasteiger partial charge in [0.25, 0.3) is 11.6 Å². The molecule has 1 fully saturated rings. The van der Waals surface area contributed by atoms with Gasteiger partial charge in [0, 0.05) is 44.3 Å². The molecule has 1 aliphatic rings. The normalized spacial score (nSPS) is 14.6. The quantitative estimate of drug-likeness (QED) is 0.632. The molecule has 1 N–H and O–H groups in total. The minimum atomic E-state index is -1.14. The Kier molecular flexibility index (Phi) is 5.30. The van der Waals surface area contributed by atoms with Gasteiger partial charge in [-0.2, -0.15) is 0 Å². The molecule has 0 bridgehead atoms. The van der Waals surface area contributed by atoms with Gasteiger partial charge in [-0.1, -0.05) is 0 Å². The second kappa shape index (κ2) is 7.81. The van der Waals surface area contributed by atoms with E-state index in [1.54, 1.807) is 17.0 Å². The number of hydrogen-bond acceptors (Lipinski definition) is 6. The molecule has 0 atom stereocenters. The molecule has 1 saturated heterocycles. The van der Waals surface area contributed by atoms with Crippen LogP contribution in [0, 0.1) is 10.1 Å². The van der Waals surface area contributed by atoms with Crippen molar-refractivity contribution in [1.82, 2.24) is 9.88 Å². The van der Waals surface area contributed by atoms with Crippen molar-refractivity contribution in [2.45, 2.75) is 18.9 Å². The Bertz CT molecular complexity index is 842. The van der Waals surface area contributed by atoms with Crippen molar-refractivity contribution in [3.8, 4) is 5.75 Å². The minimum Gasteiger partial charge on any atom is -0.490 e. The second-order valence-corrected chi connectivity index (χ2v) is 6.10. The Balaban J connectivity index is 1.54. The second-order valence-electron chi connectivity index (χ2n) is 6.10. The van der Waals surface area contributed by atoms with Crippen LogP contribution >= 0.6 is 0 Å².